The molecule has 0 unspecified atom stereocenters. The van der Waals surface area contributed by atoms with Gasteiger partial charge in [0.2, 0.25) is 0 Å². The predicted molar refractivity (Wildman–Crippen MR) is 84.6 cm³/mol. The van der Waals surface area contributed by atoms with Gasteiger partial charge >= 0.3 is 6.55 Å². The minimum atomic E-state index is -2.57. The molecule has 1 fully saturated rings. The fourth-order valence-electron chi connectivity index (χ4n) is 3.02. The van der Waals surface area contributed by atoms with Crippen LogP contribution in [0.25, 0.3) is 11.0 Å². The molecule has 0 aliphatic carbocycles. The second-order valence-corrected chi connectivity index (χ2v) is 5.77. The highest BCUT2D eigenvalue weighted by molar-refractivity contribution is 5.75. The van der Waals surface area contributed by atoms with Gasteiger partial charge in [0.05, 0.1) is 24.2 Å². The van der Waals surface area contributed by atoms with E-state index in [-0.39, 0.29) is 0 Å². The Balaban J connectivity index is 1.69. The van der Waals surface area contributed by atoms with Crippen molar-refractivity contribution < 1.29 is 13.5 Å². The van der Waals surface area contributed by atoms with E-state index in [4.69, 9.17) is 4.74 Å². The SMILES string of the molecule is COCCN1CCN(Cc2nc3ccccc3n2C(F)F)CC1. The van der Waals surface area contributed by atoms with Gasteiger partial charge in [-0.2, -0.15) is 8.78 Å². The topological polar surface area (TPSA) is 33.5 Å². The summed E-state index contributed by atoms with van der Waals surface area (Å²) < 4.78 is 33.0. The highest BCUT2D eigenvalue weighted by Crippen LogP contribution is 2.24. The maximum atomic E-state index is 13.4. The summed E-state index contributed by atoms with van der Waals surface area (Å²) in [6, 6.07) is 7.06. The maximum Gasteiger partial charge on any atom is 0.320 e. The number of para-hydroxylation sites is 2. The Morgan fingerprint density at radius 1 is 1.13 bits per heavy atom. The second kappa shape index (κ2) is 7.33. The van der Waals surface area contributed by atoms with E-state index in [0.717, 1.165) is 43.9 Å². The van der Waals surface area contributed by atoms with E-state index in [9.17, 15) is 8.78 Å². The molecule has 1 aliphatic rings. The summed E-state index contributed by atoms with van der Waals surface area (Å²) in [6.45, 7) is 3.10. The van der Waals surface area contributed by atoms with Crippen molar-refractivity contribution in [2.45, 2.75) is 13.1 Å². The lowest BCUT2D eigenvalue weighted by Gasteiger charge is -2.34. The molecule has 1 aromatic heterocycles. The zero-order chi connectivity index (χ0) is 16.2. The Bertz CT molecular complexity index is 638. The zero-order valence-electron chi connectivity index (χ0n) is 13.3. The largest absolute Gasteiger partial charge is 0.383 e. The van der Waals surface area contributed by atoms with Crippen LogP contribution in [0.5, 0.6) is 0 Å². The molecule has 126 valence electrons. The van der Waals surface area contributed by atoms with Crippen molar-refractivity contribution in [1.29, 1.82) is 0 Å². The molecule has 2 aromatic rings. The third-order valence-corrected chi connectivity index (χ3v) is 4.31. The Kier molecular flexibility index (Phi) is 5.20. The van der Waals surface area contributed by atoms with Crippen LogP contribution in [0.3, 0.4) is 0 Å². The zero-order valence-corrected chi connectivity index (χ0v) is 13.3. The molecule has 0 radical (unpaired) electrons. The lowest BCUT2D eigenvalue weighted by Crippen LogP contribution is -2.47. The maximum absolute atomic E-state index is 13.4. The van der Waals surface area contributed by atoms with Crippen molar-refractivity contribution in [3.8, 4) is 0 Å². The van der Waals surface area contributed by atoms with E-state index >= 15 is 0 Å². The first kappa shape index (κ1) is 16.3. The summed E-state index contributed by atoms with van der Waals surface area (Å²) in [5, 5.41) is 0. The highest BCUT2D eigenvalue weighted by Gasteiger charge is 2.22. The molecule has 7 heteroatoms. The number of aromatic nitrogens is 2. The van der Waals surface area contributed by atoms with Crippen molar-refractivity contribution in [1.82, 2.24) is 19.4 Å². The molecule has 5 nitrogen and oxygen atoms in total. The van der Waals surface area contributed by atoms with Crippen LogP contribution in [-0.4, -0.2) is 65.8 Å². The van der Waals surface area contributed by atoms with Crippen LogP contribution in [0.1, 0.15) is 12.4 Å². The third kappa shape index (κ3) is 3.68. The normalized spacial score (nSPS) is 17.4. The van der Waals surface area contributed by atoms with E-state index in [1.807, 2.05) is 6.07 Å². The summed E-state index contributed by atoms with van der Waals surface area (Å²) >= 11 is 0. The molecule has 0 N–H and O–H groups in total. The second-order valence-electron chi connectivity index (χ2n) is 5.77. The molecule has 23 heavy (non-hydrogen) atoms. The van der Waals surface area contributed by atoms with Crippen molar-refractivity contribution in [3.63, 3.8) is 0 Å². The number of fused-ring (bicyclic) bond motifs is 1. The van der Waals surface area contributed by atoms with E-state index in [2.05, 4.69) is 14.8 Å². The number of nitrogens with zero attached hydrogens (tertiary/aromatic N) is 4. The number of alkyl halides is 2. The number of halogens is 2. The summed E-state index contributed by atoms with van der Waals surface area (Å²) in [7, 11) is 1.70. The van der Waals surface area contributed by atoms with Crippen LogP contribution < -0.4 is 0 Å². The van der Waals surface area contributed by atoms with Gasteiger partial charge in [-0.25, -0.2) is 4.98 Å². The van der Waals surface area contributed by atoms with Crippen LogP contribution >= 0.6 is 0 Å². The number of benzene rings is 1. The van der Waals surface area contributed by atoms with Gasteiger partial charge in [-0.3, -0.25) is 14.4 Å². The van der Waals surface area contributed by atoms with Gasteiger partial charge in [0.15, 0.2) is 0 Å². The predicted octanol–water partition coefficient (Wildman–Crippen LogP) is 2.20. The van der Waals surface area contributed by atoms with Gasteiger partial charge in [0, 0.05) is 39.8 Å². The third-order valence-electron chi connectivity index (χ3n) is 4.31. The number of imidazole rings is 1. The van der Waals surface area contributed by atoms with E-state index in [1.54, 1.807) is 25.3 Å². The van der Waals surface area contributed by atoms with Crippen LogP contribution in [0.15, 0.2) is 24.3 Å². The smallest absolute Gasteiger partial charge is 0.320 e. The summed E-state index contributed by atoms with van der Waals surface area (Å²) in [6.07, 6.45) is 0. The lowest BCUT2D eigenvalue weighted by atomic mass is 10.3. The highest BCUT2D eigenvalue weighted by atomic mass is 19.3. The van der Waals surface area contributed by atoms with Crippen LogP contribution in [0.2, 0.25) is 0 Å². The standard InChI is InChI=1S/C16H22F2N4O/c1-23-11-10-20-6-8-21(9-7-20)12-15-19-13-4-2-3-5-14(13)22(15)16(17)18/h2-5,16H,6-12H2,1H3. The van der Waals surface area contributed by atoms with E-state index in [0.29, 0.717) is 23.4 Å². The molecule has 0 spiro atoms. The number of hydrogen-bond acceptors (Lipinski definition) is 4. The Morgan fingerprint density at radius 2 is 1.83 bits per heavy atom. The molecule has 2 heterocycles. The minimum Gasteiger partial charge on any atom is -0.383 e. The van der Waals surface area contributed by atoms with Gasteiger partial charge in [-0.15, -0.1) is 0 Å². The van der Waals surface area contributed by atoms with E-state index in [1.165, 1.54) is 0 Å². The number of rotatable bonds is 6. The summed E-state index contributed by atoms with van der Waals surface area (Å²) in [5.74, 6) is 0.437. The van der Waals surface area contributed by atoms with Crippen molar-refractivity contribution in [3.05, 3.63) is 30.1 Å². The first-order chi connectivity index (χ1) is 11.2. The van der Waals surface area contributed by atoms with Gasteiger partial charge in [-0.1, -0.05) is 12.1 Å². The number of ether oxygens (including phenoxy) is 1. The molecular weight excluding hydrogens is 302 g/mol. The van der Waals surface area contributed by atoms with Gasteiger partial charge < -0.3 is 4.74 Å². The van der Waals surface area contributed by atoms with E-state index < -0.39 is 6.55 Å². The summed E-state index contributed by atoms with van der Waals surface area (Å²) in [5.41, 5.74) is 1.12. The molecule has 0 atom stereocenters. The van der Waals surface area contributed by atoms with Gasteiger partial charge in [0.25, 0.3) is 0 Å². The van der Waals surface area contributed by atoms with Crippen LogP contribution in [-0.2, 0) is 11.3 Å². The number of hydrogen-bond donors (Lipinski definition) is 0. The molecule has 1 aliphatic heterocycles. The monoisotopic (exact) mass is 324 g/mol. The van der Waals surface area contributed by atoms with Crippen molar-refractivity contribution in [2.75, 3.05) is 46.4 Å². The lowest BCUT2D eigenvalue weighted by molar-refractivity contribution is 0.0624. The summed E-state index contributed by atoms with van der Waals surface area (Å²) in [4.78, 5) is 8.92. The fourth-order valence-corrected chi connectivity index (χ4v) is 3.02. The van der Waals surface area contributed by atoms with Crippen LogP contribution in [0, 0.1) is 0 Å². The van der Waals surface area contributed by atoms with Crippen molar-refractivity contribution >= 4 is 11.0 Å². The minimum absolute atomic E-state index is 0.437. The first-order valence-electron chi connectivity index (χ1n) is 7.86. The molecule has 0 bridgehead atoms. The molecule has 0 saturated carbocycles. The van der Waals surface area contributed by atoms with Gasteiger partial charge in [-0.05, 0) is 12.1 Å². The number of methoxy groups -OCH3 is 1. The van der Waals surface area contributed by atoms with Gasteiger partial charge in [0.1, 0.15) is 5.82 Å². The Labute approximate surface area is 134 Å². The average Bonchev–Trinajstić information content (AvgIpc) is 2.92. The average molecular weight is 324 g/mol. The van der Waals surface area contributed by atoms with Crippen LogP contribution in [0.4, 0.5) is 8.78 Å². The number of piperazine rings is 1. The van der Waals surface area contributed by atoms with Crippen molar-refractivity contribution in [2.24, 2.45) is 0 Å². The Morgan fingerprint density at radius 3 is 2.52 bits per heavy atom. The fraction of sp³-hybridized carbons (Fsp3) is 0.562. The molecule has 1 aromatic carbocycles. The molecule has 0 amide bonds. The molecule has 1 saturated heterocycles. The first-order valence-corrected chi connectivity index (χ1v) is 7.86. The Hall–Kier alpha value is -1.57. The molecular formula is C16H22F2N4O. The molecule has 3 rings (SSSR count). The quantitative estimate of drug-likeness (QED) is 0.816.